The Hall–Kier alpha value is -2.88. The Morgan fingerprint density at radius 2 is 1.47 bits per heavy atom. The molecule has 0 unspecified atom stereocenters. The van der Waals surface area contributed by atoms with E-state index in [9.17, 15) is 5.11 Å². The van der Waals surface area contributed by atoms with Crippen LogP contribution in [0, 0.1) is 19.8 Å². The standard InChI is InChI=1S/C31H36N2O/c1-22-14-16-32(17-15-22)20-27(34)21-33-30-24(3)18-23(2)19-28(30)29(25-10-6-4-7-11-25)31(33)26-12-8-5-9-13-26/h4-13,18-19,22,27,34H,14-17,20-21H2,1-3H3/t27-/m1/s1. The first-order valence-corrected chi connectivity index (χ1v) is 12.7. The predicted molar refractivity (Wildman–Crippen MR) is 143 cm³/mol. The second kappa shape index (κ2) is 9.77. The summed E-state index contributed by atoms with van der Waals surface area (Å²) < 4.78 is 2.39. The number of aliphatic hydroxyl groups is 1. The quantitative estimate of drug-likeness (QED) is 0.353. The Morgan fingerprint density at radius 1 is 0.853 bits per heavy atom. The summed E-state index contributed by atoms with van der Waals surface area (Å²) >= 11 is 0. The van der Waals surface area contributed by atoms with Gasteiger partial charge in [-0.25, -0.2) is 0 Å². The maximum Gasteiger partial charge on any atom is 0.0845 e. The van der Waals surface area contributed by atoms with Gasteiger partial charge in [0.05, 0.1) is 23.9 Å². The molecule has 1 aliphatic rings. The lowest BCUT2D eigenvalue weighted by Crippen LogP contribution is -2.39. The van der Waals surface area contributed by atoms with Crippen LogP contribution in [-0.4, -0.2) is 40.3 Å². The van der Waals surface area contributed by atoms with Crippen LogP contribution in [0.4, 0.5) is 0 Å². The van der Waals surface area contributed by atoms with Crippen molar-refractivity contribution in [1.82, 2.24) is 9.47 Å². The summed E-state index contributed by atoms with van der Waals surface area (Å²) in [7, 11) is 0. The molecule has 0 saturated carbocycles. The lowest BCUT2D eigenvalue weighted by molar-refractivity contribution is 0.0812. The highest BCUT2D eigenvalue weighted by Gasteiger charge is 2.24. The van der Waals surface area contributed by atoms with Crippen LogP contribution >= 0.6 is 0 Å². The maximum atomic E-state index is 11.3. The number of nitrogens with zero attached hydrogens (tertiary/aromatic N) is 2. The number of aliphatic hydroxyl groups excluding tert-OH is 1. The smallest absolute Gasteiger partial charge is 0.0845 e. The second-order valence-electron chi connectivity index (χ2n) is 10.2. The number of rotatable bonds is 6. The number of likely N-dealkylation sites (tertiary alicyclic amines) is 1. The summed E-state index contributed by atoms with van der Waals surface area (Å²) in [5.41, 5.74) is 8.61. The molecule has 0 spiro atoms. The van der Waals surface area contributed by atoms with Gasteiger partial charge in [0.1, 0.15) is 0 Å². The molecule has 176 valence electrons. The van der Waals surface area contributed by atoms with Crippen LogP contribution < -0.4 is 0 Å². The molecular weight excluding hydrogens is 416 g/mol. The van der Waals surface area contributed by atoms with Crippen molar-refractivity contribution in [3.8, 4) is 22.4 Å². The van der Waals surface area contributed by atoms with E-state index < -0.39 is 6.10 Å². The maximum absolute atomic E-state index is 11.3. The molecule has 0 radical (unpaired) electrons. The number of fused-ring (bicyclic) bond motifs is 1. The zero-order valence-corrected chi connectivity index (χ0v) is 20.7. The highest BCUT2D eigenvalue weighted by molar-refractivity contribution is 6.06. The first-order valence-electron chi connectivity index (χ1n) is 12.7. The molecular formula is C31H36N2O. The fraction of sp³-hybridized carbons (Fsp3) is 0.355. The largest absolute Gasteiger partial charge is 0.390 e. The summed E-state index contributed by atoms with van der Waals surface area (Å²) in [6.45, 7) is 10.2. The molecule has 3 heteroatoms. The van der Waals surface area contributed by atoms with Crippen LogP contribution in [0.1, 0.15) is 30.9 Å². The Labute approximate surface area is 203 Å². The highest BCUT2D eigenvalue weighted by Crippen LogP contribution is 2.42. The Bertz CT molecular complexity index is 1250. The van der Waals surface area contributed by atoms with E-state index in [1.165, 1.54) is 57.3 Å². The Kier molecular flexibility index (Phi) is 6.58. The van der Waals surface area contributed by atoms with Crippen molar-refractivity contribution in [2.75, 3.05) is 19.6 Å². The number of aromatic nitrogens is 1. The Morgan fingerprint density at radius 3 is 2.12 bits per heavy atom. The molecule has 3 aromatic carbocycles. The van der Waals surface area contributed by atoms with E-state index in [1.807, 2.05) is 0 Å². The van der Waals surface area contributed by atoms with Crippen LogP contribution in [0.15, 0.2) is 72.8 Å². The first-order chi connectivity index (χ1) is 16.5. The van der Waals surface area contributed by atoms with E-state index in [-0.39, 0.29) is 0 Å². The van der Waals surface area contributed by atoms with Crippen molar-refractivity contribution in [2.45, 2.75) is 46.3 Å². The van der Waals surface area contributed by atoms with E-state index in [2.05, 4.69) is 103 Å². The summed E-state index contributed by atoms with van der Waals surface area (Å²) in [5.74, 6) is 0.797. The van der Waals surface area contributed by atoms with Crippen molar-refractivity contribution in [2.24, 2.45) is 5.92 Å². The van der Waals surface area contributed by atoms with E-state index in [1.54, 1.807) is 0 Å². The van der Waals surface area contributed by atoms with Gasteiger partial charge in [0, 0.05) is 17.5 Å². The van der Waals surface area contributed by atoms with Crippen LogP contribution in [0.25, 0.3) is 33.3 Å². The molecule has 1 N–H and O–H groups in total. The van der Waals surface area contributed by atoms with Crippen molar-refractivity contribution in [1.29, 1.82) is 0 Å². The average molecular weight is 453 g/mol. The lowest BCUT2D eigenvalue weighted by atomic mass is 9.97. The van der Waals surface area contributed by atoms with Gasteiger partial charge in [0.2, 0.25) is 0 Å². The van der Waals surface area contributed by atoms with Crippen molar-refractivity contribution in [3.05, 3.63) is 83.9 Å². The monoisotopic (exact) mass is 452 g/mol. The topological polar surface area (TPSA) is 28.4 Å². The van der Waals surface area contributed by atoms with E-state index in [0.717, 1.165) is 25.6 Å². The summed E-state index contributed by atoms with van der Waals surface area (Å²) in [4.78, 5) is 2.44. The normalized spacial score (nSPS) is 16.2. The molecule has 1 fully saturated rings. The van der Waals surface area contributed by atoms with Gasteiger partial charge in [0.25, 0.3) is 0 Å². The molecule has 3 nitrogen and oxygen atoms in total. The average Bonchev–Trinajstić information content (AvgIpc) is 3.15. The van der Waals surface area contributed by atoms with Gasteiger partial charge in [0.15, 0.2) is 0 Å². The third kappa shape index (κ3) is 4.55. The minimum Gasteiger partial charge on any atom is -0.390 e. The minimum absolute atomic E-state index is 0.421. The molecule has 0 aliphatic carbocycles. The van der Waals surface area contributed by atoms with Crippen molar-refractivity contribution >= 4 is 10.9 Å². The second-order valence-corrected chi connectivity index (χ2v) is 10.2. The van der Waals surface area contributed by atoms with E-state index in [4.69, 9.17) is 0 Å². The van der Waals surface area contributed by atoms with Crippen LogP contribution in [0.5, 0.6) is 0 Å². The minimum atomic E-state index is -0.421. The molecule has 0 amide bonds. The van der Waals surface area contributed by atoms with Gasteiger partial charge in [-0.15, -0.1) is 0 Å². The van der Waals surface area contributed by atoms with E-state index in [0.29, 0.717) is 6.54 Å². The molecule has 4 aromatic rings. The highest BCUT2D eigenvalue weighted by atomic mass is 16.3. The number of piperidine rings is 1. The molecule has 5 rings (SSSR count). The number of hydrogen-bond donors (Lipinski definition) is 1. The molecule has 34 heavy (non-hydrogen) atoms. The lowest BCUT2D eigenvalue weighted by Gasteiger charge is -2.32. The molecule has 1 aromatic heterocycles. The van der Waals surface area contributed by atoms with Crippen LogP contribution in [0.2, 0.25) is 0 Å². The third-order valence-corrected chi connectivity index (χ3v) is 7.34. The van der Waals surface area contributed by atoms with Crippen LogP contribution in [0.3, 0.4) is 0 Å². The number of β-amino-alcohol motifs (C(OH)–C–C–N with tert-alkyl or cyclic N) is 1. The van der Waals surface area contributed by atoms with Gasteiger partial charge < -0.3 is 14.6 Å². The zero-order chi connectivity index (χ0) is 23.7. The molecule has 1 saturated heterocycles. The van der Waals surface area contributed by atoms with Crippen molar-refractivity contribution < 1.29 is 5.11 Å². The zero-order valence-electron chi connectivity index (χ0n) is 20.7. The summed E-state index contributed by atoms with van der Waals surface area (Å²) in [6.07, 6.45) is 2.03. The number of aryl methyl sites for hydroxylation is 2. The van der Waals surface area contributed by atoms with Gasteiger partial charge in [-0.3, -0.25) is 0 Å². The van der Waals surface area contributed by atoms with Gasteiger partial charge >= 0.3 is 0 Å². The molecule has 1 aliphatic heterocycles. The summed E-state index contributed by atoms with van der Waals surface area (Å²) in [5, 5.41) is 12.6. The fourth-order valence-electron chi connectivity index (χ4n) is 5.67. The van der Waals surface area contributed by atoms with Crippen molar-refractivity contribution in [3.63, 3.8) is 0 Å². The first kappa shape index (κ1) is 22.9. The van der Waals surface area contributed by atoms with Gasteiger partial charge in [-0.05, 0) is 68.5 Å². The fourth-order valence-corrected chi connectivity index (χ4v) is 5.67. The van der Waals surface area contributed by atoms with E-state index >= 15 is 0 Å². The predicted octanol–water partition coefficient (Wildman–Crippen LogP) is 6.68. The third-order valence-electron chi connectivity index (χ3n) is 7.34. The molecule has 1 atom stereocenters. The van der Waals surface area contributed by atoms with Gasteiger partial charge in [-0.1, -0.05) is 79.2 Å². The SMILES string of the molecule is Cc1cc(C)c2c(c1)c(-c1ccccc1)c(-c1ccccc1)n2C[C@H](O)CN1CCC(C)CC1. The number of hydrogen-bond acceptors (Lipinski definition) is 2. The van der Waals surface area contributed by atoms with Gasteiger partial charge in [-0.2, -0.15) is 0 Å². The number of benzene rings is 3. The molecule has 2 heterocycles. The van der Waals surface area contributed by atoms with Crippen LogP contribution in [-0.2, 0) is 6.54 Å². The molecule has 0 bridgehead atoms. The summed E-state index contributed by atoms with van der Waals surface area (Å²) in [6, 6.07) is 26.0. The Balaban J connectivity index is 1.66.